The highest BCUT2D eigenvalue weighted by atomic mass is 79.9. The molecule has 0 aliphatic rings. The Morgan fingerprint density at radius 1 is 1.16 bits per heavy atom. The molecule has 0 bridgehead atoms. The number of hydrogen-bond acceptors (Lipinski definition) is 1. The number of anilines is 1. The quantitative estimate of drug-likeness (QED) is 0.672. The fourth-order valence-corrected chi connectivity index (χ4v) is 2.61. The Labute approximate surface area is 128 Å². The maximum atomic E-state index is 6.06. The fourth-order valence-electron chi connectivity index (χ4n) is 2.03. The van der Waals surface area contributed by atoms with E-state index in [1.165, 1.54) is 16.8 Å². The Bertz CT molecular complexity index is 539. The molecule has 2 aromatic rings. The molecule has 2 aromatic carbocycles. The summed E-state index contributed by atoms with van der Waals surface area (Å²) < 4.78 is 0. The highest BCUT2D eigenvalue weighted by molar-refractivity contribution is 9.08. The van der Waals surface area contributed by atoms with E-state index in [0.29, 0.717) is 0 Å². The van der Waals surface area contributed by atoms with Crippen molar-refractivity contribution >= 4 is 33.2 Å². The highest BCUT2D eigenvalue weighted by Crippen LogP contribution is 2.27. The zero-order valence-corrected chi connectivity index (χ0v) is 13.4. The number of nitrogens with zero attached hydrogens (tertiary/aromatic N) is 1. The van der Waals surface area contributed by atoms with Crippen molar-refractivity contribution in [3.8, 4) is 0 Å². The first-order valence-corrected chi connectivity index (χ1v) is 7.75. The van der Waals surface area contributed by atoms with Crippen molar-refractivity contribution in [1.82, 2.24) is 0 Å². The Balaban J connectivity index is 2.20. The van der Waals surface area contributed by atoms with Crippen LogP contribution in [0.3, 0.4) is 0 Å². The van der Waals surface area contributed by atoms with Crippen LogP contribution in [-0.2, 0) is 5.33 Å². The minimum absolute atomic E-state index is 0.286. The lowest BCUT2D eigenvalue weighted by atomic mass is 10.1. The predicted octanol–water partition coefficient (Wildman–Crippen LogP) is 5.43. The molecule has 3 heteroatoms. The van der Waals surface area contributed by atoms with E-state index in [1.807, 2.05) is 18.2 Å². The van der Waals surface area contributed by atoms with Crippen molar-refractivity contribution in [3.63, 3.8) is 0 Å². The van der Waals surface area contributed by atoms with E-state index in [1.54, 1.807) is 0 Å². The smallest absolute Gasteiger partial charge is 0.0511 e. The van der Waals surface area contributed by atoms with E-state index in [0.717, 1.165) is 10.4 Å². The van der Waals surface area contributed by atoms with E-state index in [2.05, 4.69) is 65.1 Å². The van der Waals surface area contributed by atoms with Crippen LogP contribution in [0.5, 0.6) is 0 Å². The average molecular weight is 339 g/mol. The van der Waals surface area contributed by atoms with Crippen LogP contribution in [-0.4, -0.2) is 7.05 Å². The third-order valence-electron chi connectivity index (χ3n) is 3.41. The number of hydrogen-bond donors (Lipinski definition) is 0. The fraction of sp³-hybridized carbons (Fsp3) is 0.250. The van der Waals surface area contributed by atoms with Gasteiger partial charge in [-0.2, -0.15) is 0 Å². The first kappa shape index (κ1) is 14.4. The van der Waals surface area contributed by atoms with Crippen LogP contribution >= 0.6 is 27.5 Å². The molecule has 19 heavy (non-hydrogen) atoms. The van der Waals surface area contributed by atoms with Gasteiger partial charge in [0.15, 0.2) is 0 Å². The lowest BCUT2D eigenvalue weighted by molar-refractivity contribution is 0.740. The molecule has 0 radical (unpaired) electrons. The molecule has 1 atom stereocenters. The second kappa shape index (κ2) is 6.44. The summed E-state index contributed by atoms with van der Waals surface area (Å²) in [5.74, 6) is 0. The molecule has 0 fully saturated rings. The van der Waals surface area contributed by atoms with Gasteiger partial charge < -0.3 is 4.90 Å². The van der Waals surface area contributed by atoms with Gasteiger partial charge in [0.1, 0.15) is 0 Å². The molecule has 0 amide bonds. The van der Waals surface area contributed by atoms with Gasteiger partial charge in [0, 0.05) is 23.1 Å². The lowest BCUT2D eigenvalue weighted by Gasteiger charge is -2.27. The number of halogens is 2. The Hall–Kier alpha value is -0.990. The van der Waals surface area contributed by atoms with Crippen LogP contribution < -0.4 is 4.90 Å². The zero-order valence-electron chi connectivity index (χ0n) is 11.1. The van der Waals surface area contributed by atoms with E-state index >= 15 is 0 Å². The molecule has 1 nitrogen and oxygen atoms in total. The summed E-state index contributed by atoms with van der Waals surface area (Å²) in [6.07, 6.45) is 0. The van der Waals surface area contributed by atoms with Crippen molar-refractivity contribution in [2.24, 2.45) is 0 Å². The Morgan fingerprint density at radius 2 is 1.84 bits per heavy atom. The molecular formula is C16H17BrClN. The maximum absolute atomic E-state index is 6.06. The van der Waals surface area contributed by atoms with Crippen LogP contribution in [0.1, 0.15) is 24.1 Å². The van der Waals surface area contributed by atoms with Gasteiger partial charge in [0.25, 0.3) is 0 Å². The van der Waals surface area contributed by atoms with Crippen LogP contribution in [0.25, 0.3) is 0 Å². The predicted molar refractivity (Wildman–Crippen MR) is 87.3 cm³/mol. The number of rotatable bonds is 4. The second-order valence-corrected chi connectivity index (χ2v) is 5.64. The summed E-state index contributed by atoms with van der Waals surface area (Å²) in [5.41, 5.74) is 3.71. The van der Waals surface area contributed by atoms with Crippen molar-refractivity contribution in [2.75, 3.05) is 11.9 Å². The molecule has 0 heterocycles. The summed E-state index contributed by atoms with van der Waals surface area (Å²) in [5, 5.41) is 1.67. The minimum atomic E-state index is 0.286. The van der Waals surface area contributed by atoms with Crippen LogP contribution in [0, 0.1) is 0 Å². The molecule has 2 rings (SSSR count). The van der Waals surface area contributed by atoms with Gasteiger partial charge in [0.05, 0.1) is 6.04 Å². The zero-order chi connectivity index (χ0) is 13.8. The molecule has 0 saturated heterocycles. The minimum Gasteiger partial charge on any atom is -0.368 e. The number of benzene rings is 2. The number of alkyl halides is 1. The largest absolute Gasteiger partial charge is 0.368 e. The average Bonchev–Trinajstić information content (AvgIpc) is 2.46. The van der Waals surface area contributed by atoms with Crippen molar-refractivity contribution < 1.29 is 0 Å². The highest BCUT2D eigenvalue weighted by Gasteiger charge is 2.12. The van der Waals surface area contributed by atoms with E-state index < -0.39 is 0 Å². The molecule has 0 saturated carbocycles. The SMILES string of the molecule is CC(c1cccc(Cl)c1)N(C)c1ccc(CBr)cc1. The first-order chi connectivity index (χ1) is 9.11. The third kappa shape index (κ3) is 3.52. The van der Waals surface area contributed by atoms with Crippen LogP contribution in [0.4, 0.5) is 5.69 Å². The molecule has 0 spiro atoms. The molecule has 0 N–H and O–H groups in total. The van der Waals surface area contributed by atoms with Gasteiger partial charge >= 0.3 is 0 Å². The van der Waals surface area contributed by atoms with E-state index in [4.69, 9.17) is 11.6 Å². The first-order valence-electron chi connectivity index (χ1n) is 6.25. The molecule has 1 unspecified atom stereocenters. The summed E-state index contributed by atoms with van der Waals surface area (Å²) in [7, 11) is 2.11. The van der Waals surface area contributed by atoms with Crippen LogP contribution in [0.15, 0.2) is 48.5 Å². The third-order valence-corrected chi connectivity index (χ3v) is 4.29. The normalized spacial score (nSPS) is 12.2. The van der Waals surface area contributed by atoms with Crippen LogP contribution in [0.2, 0.25) is 5.02 Å². The van der Waals surface area contributed by atoms with E-state index in [-0.39, 0.29) is 6.04 Å². The topological polar surface area (TPSA) is 3.24 Å². The van der Waals surface area contributed by atoms with Gasteiger partial charge in [-0.05, 0) is 42.3 Å². The molecule has 0 aromatic heterocycles. The van der Waals surface area contributed by atoms with Gasteiger partial charge in [-0.25, -0.2) is 0 Å². The van der Waals surface area contributed by atoms with E-state index in [9.17, 15) is 0 Å². The lowest BCUT2D eigenvalue weighted by Crippen LogP contribution is -2.21. The summed E-state index contributed by atoms with van der Waals surface area (Å²) in [4.78, 5) is 2.25. The Kier molecular flexibility index (Phi) is 4.89. The van der Waals surface area contributed by atoms with Crippen molar-refractivity contribution in [3.05, 3.63) is 64.7 Å². The Morgan fingerprint density at radius 3 is 2.42 bits per heavy atom. The molecule has 0 aliphatic carbocycles. The molecule has 100 valence electrons. The monoisotopic (exact) mass is 337 g/mol. The summed E-state index contributed by atoms with van der Waals surface area (Å²) in [6, 6.07) is 16.9. The molecular weight excluding hydrogens is 322 g/mol. The van der Waals surface area contributed by atoms with Crippen molar-refractivity contribution in [2.45, 2.75) is 18.3 Å². The standard InChI is InChI=1S/C16H17BrClN/c1-12(14-4-3-5-15(18)10-14)19(2)16-8-6-13(11-17)7-9-16/h3-10,12H,11H2,1-2H3. The summed E-state index contributed by atoms with van der Waals surface area (Å²) >= 11 is 9.52. The molecule has 0 aliphatic heterocycles. The van der Waals surface area contributed by atoms with Gasteiger partial charge in [-0.1, -0.05) is 51.8 Å². The maximum Gasteiger partial charge on any atom is 0.0511 e. The van der Waals surface area contributed by atoms with Gasteiger partial charge in [-0.15, -0.1) is 0 Å². The summed E-state index contributed by atoms with van der Waals surface area (Å²) in [6.45, 7) is 2.18. The van der Waals surface area contributed by atoms with Gasteiger partial charge in [-0.3, -0.25) is 0 Å². The van der Waals surface area contributed by atoms with Gasteiger partial charge in [0.2, 0.25) is 0 Å². The van der Waals surface area contributed by atoms with Crippen molar-refractivity contribution in [1.29, 1.82) is 0 Å². The second-order valence-electron chi connectivity index (χ2n) is 4.64.